The number of hydrogen-bond acceptors (Lipinski definition) is 2. The molecule has 1 aromatic carbocycles. The fourth-order valence-electron chi connectivity index (χ4n) is 6.54. The Morgan fingerprint density at radius 2 is 1.92 bits per heavy atom. The van der Waals surface area contributed by atoms with Crippen LogP contribution >= 0.6 is 11.6 Å². The third-order valence-electron chi connectivity index (χ3n) is 8.63. The van der Waals surface area contributed by atoms with Crippen molar-refractivity contribution in [3.8, 4) is 0 Å². The Morgan fingerprint density at radius 1 is 1.14 bits per heavy atom. The number of unbranched alkanes of at least 4 members (excludes halogenated alkanes) is 1. The van der Waals surface area contributed by atoms with E-state index < -0.39 is 0 Å². The van der Waals surface area contributed by atoms with Crippen LogP contribution in [0, 0.1) is 5.92 Å². The van der Waals surface area contributed by atoms with Gasteiger partial charge in [0.25, 0.3) is 5.91 Å². The molecule has 4 rings (SSSR count). The number of amides is 1. The Kier molecular flexibility index (Phi) is 9.93. The number of benzene rings is 1. The molecule has 1 fully saturated rings. The molecule has 4 nitrogen and oxygen atoms in total. The molecule has 2 unspecified atom stereocenters. The second kappa shape index (κ2) is 13.1. The van der Waals surface area contributed by atoms with E-state index in [1.165, 1.54) is 68.2 Å². The number of hydrogen-bond donors (Lipinski definition) is 1. The number of halogens is 1. The largest absolute Gasteiger partial charge is 0.348 e. The molecule has 1 saturated carbocycles. The third-order valence-corrected chi connectivity index (χ3v) is 8.86. The molecule has 2 aromatic rings. The molecule has 0 radical (unpaired) electrons. The number of carbonyl (C=O) groups excluding carboxylic acids is 1. The van der Waals surface area contributed by atoms with Gasteiger partial charge in [0.1, 0.15) is 0 Å². The highest BCUT2D eigenvalue weighted by molar-refractivity contribution is 6.30. The number of fused-ring (bicyclic) bond motifs is 1. The average molecular weight is 512 g/mol. The van der Waals surface area contributed by atoms with Gasteiger partial charge in [-0.2, -0.15) is 5.10 Å². The van der Waals surface area contributed by atoms with Crippen molar-refractivity contribution in [3.63, 3.8) is 0 Å². The van der Waals surface area contributed by atoms with Gasteiger partial charge in [-0.15, -0.1) is 0 Å². The second-order valence-electron chi connectivity index (χ2n) is 11.3. The minimum atomic E-state index is 0.0411. The highest BCUT2D eigenvalue weighted by Crippen LogP contribution is 2.39. The van der Waals surface area contributed by atoms with Crippen molar-refractivity contribution >= 4 is 17.5 Å². The fourth-order valence-corrected chi connectivity index (χ4v) is 6.75. The molecule has 0 spiro atoms. The highest BCUT2D eigenvalue weighted by Gasteiger charge is 2.33. The van der Waals surface area contributed by atoms with Crippen molar-refractivity contribution in [2.75, 3.05) is 0 Å². The van der Waals surface area contributed by atoms with Crippen molar-refractivity contribution in [3.05, 3.63) is 51.8 Å². The van der Waals surface area contributed by atoms with E-state index in [0.29, 0.717) is 23.6 Å². The molecule has 0 aliphatic heterocycles. The van der Waals surface area contributed by atoms with E-state index in [2.05, 4.69) is 49.0 Å². The predicted octanol–water partition coefficient (Wildman–Crippen LogP) is 8.43. The van der Waals surface area contributed by atoms with Gasteiger partial charge >= 0.3 is 0 Å². The molecule has 36 heavy (non-hydrogen) atoms. The van der Waals surface area contributed by atoms with E-state index in [-0.39, 0.29) is 11.9 Å². The summed E-state index contributed by atoms with van der Waals surface area (Å²) in [5.41, 5.74) is 4.54. The van der Waals surface area contributed by atoms with Gasteiger partial charge in [0.05, 0.1) is 6.04 Å². The Morgan fingerprint density at radius 3 is 2.64 bits per heavy atom. The Labute approximate surface area is 223 Å². The van der Waals surface area contributed by atoms with Crippen LogP contribution in [0.15, 0.2) is 24.3 Å². The van der Waals surface area contributed by atoms with Crippen molar-refractivity contribution in [1.82, 2.24) is 15.1 Å². The van der Waals surface area contributed by atoms with Gasteiger partial charge in [0.15, 0.2) is 5.69 Å². The number of nitrogens with one attached hydrogen (secondary N) is 1. The van der Waals surface area contributed by atoms with Crippen molar-refractivity contribution in [1.29, 1.82) is 0 Å². The molecular formula is C31H46ClN3O. The van der Waals surface area contributed by atoms with E-state index in [1.807, 2.05) is 6.07 Å². The summed E-state index contributed by atoms with van der Waals surface area (Å²) < 4.78 is 2.32. The van der Waals surface area contributed by atoms with Gasteiger partial charge in [-0.3, -0.25) is 9.48 Å². The van der Waals surface area contributed by atoms with Crippen molar-refractivity contribution in [2.45, 2.75) is 129 Å². The summed E-state index contributed by atoms with van der Waals surface area (Å²) in [4.78, 5) is 13.8. The predicted molar refractivity (Wildman–Crippen MR) is 150 cm³/mol. The van der Waals surface area contributed by atoms with Crippen LogP contribution in [0.1, 0.15) is 137 Å². The molecule has 0 bridgehead atoms. The molecule has 1 amide bonds. The lowest BCUT2D eigenvalue weighted by atomic mass is 9.89. The lowest BCUT2D eigenvalue weighted by Crippen LogP contribution is -2.39. The summed E-state index contributed by atoms with van der Waals surface area (Å²) in [6.45, 7) is 6.71. The Hall–Kier alpha value is -1.81. The standard InChI is InChI=1S/C31H46ClN3O/c1-4-6-13-22(3)28(5-2)33-31(36)29-27-19-11-10-15-24(20-23-14-12-16-25(32)21-23)30(27)35(34-29)26-17-8-7-9-18-26/h12,14,16,21-22,24,26,28H,4-11,13,15,17-20H2,1-3H3,(H,33,36)/t22?,24?,28-/m1/s1. The van der Waals surface area contributed by atoms with E-state index in [1.54, 1.807) is 0 Å². The molecule has 1 heterocycles. The zero-order valence-corrected chi connectivity index (χ0v) is 23.5. The number of aromatic nitrogens is 2. The molecule has 2 aliphatic rings. The van der Waals surface area contributed by atoms with E-state index in [0.717, 1.165) is 43.5 Å². The van der Waals surface area contributed by atoms with Crippen LogP contribution in [-0.2, 0) is 12.8 Å². The van der Waals surface area contributed by atoms with Gasteiger partial charge in [-0.1, -0.05) is 83.0 Å². The quantitative estimate of drug-likeness (QED) is 0.325. The maximum atomic E-state index is 13.8. The fraction of sp³-hybridized carbons (Fsp3) is 0.677. The first kappa shape index (κ1) is 27.2. The van der Waals surface area contributed by atoms with E-state index in [9.17, 15) is 4.79 Å². The van der Waals surface area contributed by atoms with Crippen molar-refractivity contribution in [2.24, 2.45) is 5.92 Å². The molecule has 1 N–H and O–H groups in total. The minimum Gasteiger partial charge on any atom is -0.348 e. The monoisotopic (exact) mass is 511 g/mol. The third kappa shape index (κ3) is 6.54. The Balaban J connectivity index is 1.68. The summed E-state index contributed by atoms with van der Waals surface area (Å²) in [7, 11) is 0. The molecule has 3 atom stereocenters. The molecule has 198 valence electrons. The second-order valence-corrected chi connectivity index (χ2v) is 11.8. The molecule has 1 aromatic heterocycles. The van der Waals surface area contributed by atoms with Crippen LogP contribution < -0.4 is 5.32 Å². The SMILES string of the molecule is CCCCC(C)[C@@H](CC)NC(=O)c1nn(C2CCCCC2)c2c1CCCCC2Cc1cccc(Cl)c1. The van der Waals surface area contributed by atoms with Gasteiger partial charge in [0.2, 0.25) is 0 Å². The van der Waals surface area contributed by atoms with Crippen LogP contribution in [-0.4, -0.2) is 21.7 Å². The van der Waals surface area contributed by atoms with E-state index in [4.69, 9.17) is 16.7 Å². The zero-order chi connectivity index (χ0) is 25.5. The average Bonchev–Trinajstić information content (AvgIpc) is 3.16. The highest BCUT2D eigenvalue weighted by atomic mass is 35.5. The lowest BCUT2D eigenvalue weighted by molar-refractivity contribution is 0.0913. The van der Waals surface area contributed by atoms with Crippen LogP contribution in [0.25, 0.3) is 0 Å². The van der Waals surface area contributed by atoms with E-state index >= 15 is 0 Å². The number of rotatable bonds is 10. The van der Waals surface area contributed by atoms with Crippen LogP contribution in [0.5, 0.6) is 0 Å². The number of carbonyl (C=O) groups is 1. The first-order chi connectivity index (χ1) is 17.5. The smallest absolute Gasteiger partial charge is 0.272 e. The summed E-state index contributed by atoms with van der Waals surface area (Å²) in [6.07, 6.45) is 16.1. The first-order valence-electron chi connectivity index (χ1n) is 14.7. The normalized spacial score (nSPS) is 20.4. The van der Waals surface area contributed by atoms with Gasteiger partial charge in [0, 0.05) is 28.2 Å². The van der Waals surface area contributed by atoms with Crippen LogP contribution in [0.2, 0.25) is 5.02 Å². The summed E-state index contributed by atoms with van der Waals surface area (Å²) in [6, 6.07) is 8.91. The van der Waals surface area contributed by atoms with Crippen LogP contribution in [0.4, 0.5) is 0 Å². The van der Waals surface area contributed by atoms with Gasteiger partial charge in [-0.05, 0) is 75.0 Å². The molecule has 5 heteroatoms. The lowest BCUT2D eigenvalue weighted by Gasteiger charge is -2.27. The van der Waals surface area contributed by atoms with Gasteiger partial charge < -0.3 is 5.32 Å². The van der Waals surface area contributed by atoms with Gasteiger partial charge in [-0.25, -0.2) is 0 Å². The minimum absolute atomic E-state index is 0.0411. The molecular weight excluding hydrogens is 466 g/mol. The summed E-state index contributed by atoms with van der Waals surface area (Å²) >= 11 is 6.34. The Bertz CT molecular complexity index is 994. The first-order valence-corrected chi connectivity index (χ1v) is 15.1. The number of nitrogens with zero attached hydrogens (tertiary/aromatic N) is 2. The molecule has 2 aliphatic carbocycles. The zero-order valence-electron chi connectivity index (χ0n) is 22.7. The topological polar surface area (TPSA) is 46.9 Å². The van der Waals surface area contributed by atoms with Crippen LogP contribution in [0.3, 0.4) is 0 Å². The van der Waals surface area contributed by atoms with Crippen molar-refractivity contribution < 1.29 is 4.79 Å². The maximum Gasteiger partial charge on any atom is 0.272 e. The summed E-state index contributed by atoms with van der Waals surface area (Å²) in [5.74, 6) is 0.898. The summed E-state index contributed by atoms with van der Waals surface area (Å²) in [5, 5.41) is 9.37. The molecule has 0 saturated heterocycles. The maximum absolute atomic E-state index is 13.8.